The summed E-state index contributed by atoms with van der Waals surface area (Å²) in [7, 11) is 1.73. The zero-order valence-electron chi connectivity index (χ0n) is 20.3. The van der Waals surface area contributed by atoms with Crippen molar-refractivity contribution in [3.05, 3.63) is 50.9 Å². The van der Waals surface area contributed by atoms with Gasteiger partial charge in [0.15, 0.2) is 6.10 Å². The van der Waals surface area contributed by atoms with Crippen LogP contribution in [0.1, 0.15) is 49.5 Å². The Kier molecular flexibility index (Phi) is 7.62. The SMILES string of the molecule is CN1C(=O)COC(C(=O)N2CCCN(Cc3csc(C(C)(C)C)n3)CC2)C1c1ccc(Cl)cc1. The molecule has 3 heterocycles. The summed E-state index contributed by atoms with van der Waals surface area (Å²) in [6.07, 6.45) is 0.151. The van der Waals surface area contributed by atoms with E-state index in [-0.39, 0.29) is 23.8 Å². The third-order valence-corrected chi connectivity index (χ3v) is 7.99. The highest BCUT2D eigenvalue weighted by Crippen LogP contribution is 2.31. The fourth-order valence-corrected chi connectivity index (χ4v) is 5.48. The number of carbonyl (C=O) groups excluding carboxylic acids is 2. The van der Waals surface area contributed by atoms with Crippen molar-refractivity contribution >= 4 is 34.8 Å². The summed E-state index contributed by atoms with van der Waals surface area (Å²) in [5.41, 5.74) is 1.99. The first-order chi connectivity index (χ1) is 16.1. The summed E-state index contributed by atoms with van der Waals surface area (Å²) in [6, 6.07) is 6.79. The second kappa shape index (κ2) is 10.3. The van der Waals surface area contributed by atoms with Crippen molar-refractivity contribution in [2.24, 2.45) is 0 Å². The van der Waals surface area contributed by atoms with Gasteiger partial charge in [-0.15, -0.1) is 11.3 Å². The van der Waals surface area contributed by atoms with Crippen LogP contribution in [0.2, 0.25) is 5.02 Å². The molecule has 0 saturated carbocycles. The Morgan fingerprint density at radius 1 is 1.18 bits per heavy atom. The molecule has 34 heavy (non-hydrogen) atoms. The monoisotopic (exact) mass is 504 g/mol. The molecule has 2 aromatic rings. The summed E-state index contributed by atoms with van der Waals surface area (Å²) in [5.74, 6) is -0.200. The average molecular weight is 505 g/mol. The number of hydrogen-bond donors (Lipinski definition) is 0. The minimum absolute atomic E-state index is 0.0556. The number of aromatic nitrogens is 1. The molecule has 0 spiro atoms. The smallest absolute Gasteiger partial charge is 0.254 e. The van der Waals surface area contributed by atoms with Crippen LogP contribution >= 0.6 is 22.9 Å². The van der Waals surface area contributed by atoms with Gasteiger partial charge in [-0.05, 0) is 24.1 Å². The molecule has 184 valence electrons. The number of likely N-dealkylation sites (N-methyl/N-ethyl adjacent to an activating group) is 1. The van der Waals surface area contributed by atoms with Gasteiger partial charge in [0.25, 0.3) is 5.91 Å². The highest BCUT2D eigenvalue weighted by molar-refractivity contribution is 7.09. The lowest BCUT2D eigenvalue weighted by Gasteiger charge is -2.40. The number of halogens is 1. The third kappa shape index (κ3) is 5.62. The van der Waals surface area contributed by atoms with Gasteiger partial charge < -0.3 is 14.5 Å². The molecule has 2 aliphatic heterocycles. The van der Waals surface area contributed by atoms with E-state index in [1.165, 1.54) is 0 Å². The van der Waals surface area contributed by atoms with Gasteiger partial charge in [-0.25, -0.2) is 4.98 Å². The number of nitrogens with zero attached hydrogens (tertiary/aromatic N) is 4. The van der Waals surface area contributed by atoms with Crippen LogP contribution in [0.3, 0.4) is 0 Å². The van der Waals surface area contributed by atoms with Crippen LogP contribution in [-0.2, 0) is 26.3 Å². The molecule has 2 fully saturated rings. The maximum Gasteiger partial charge on any atom is 0.254 e. The molecule has 4 rings (SSSR count). The van der Waals surface area contributed by atoms with Gasteiger partial charge in [-0.1, -0.05) is 44.5 Å². The first-order valence-electron chi connectivity index (χ1n) is 11.7. The summed E-state index contributed by atoms with van der Waals surface area (Å²) in [4.78, 5) is 36.7. The second-order valence-corrected chi connectivity index (χ2v) is 11.4. The summed E-state index contributed by atoms with van der Waals surface area (Å²) >= 11 is 7.77. The van der Waals surface area contributed by atoms with Crippen molar-refractivity contribution in [1.82, 2.24) is 19.7 Å². The topological polar surface area (TPSA) is 66.0 Å². The van der Waals surface area contributed by atoms with E-state index in [9.17, 15) is 9.59 Å². The van der Waals surface area contributed by atoms with Crippen LogP contribution in [0.25, 0.3) is 0 Å². The molecule has 2 unspecified atom stereocenters. The molecule has 2 aliphatic rings. The van der Waals surface area contributed by atoms with E-state index in [1.54, 1.807) is 35.4 Å². The number of thiazole rings is 1. The van der Waals surface area contributed by atoms with Gasteiger partial charge in [-0.2, -0.15) is 0 Å². The first-order valence-corrected chi connectivity index (χ1v) is 13.0. The van der Waals surface area contributed by atoms with Crippen molar-refractivity contribution in [1.29, 1.82) is 0 Å². The van der Waals surface area contributed by atoms with Crippen LogP contribution in [0.15, 0.2) is 29.6 Å². The number of carbonyl (C=O) groups is 2. The van der Waals surface area contributed by atoms with Crippen LogP contribution in [0.4, 0.5) is 0 Å². The van der Waals surface area contributed by atoms with E-state index >= 15 is 0 Å². The van der Waals surface area contributed by atoms with Crippen molar-refractivity contribution < 1.29 is 14.3 Å². The average Bonchev–Trinajstić information content (AvgIpc) is 3.15. The number of ether oxygens (including phenoxy) is 1. The molecule has 9 heteroatoms. The van der Waals surface area contributed by atoms with Crippen molar-refractivity contribution in [2.75, 3.05) is 39.8 Å². The second-order valence-electron chi connectivity index (χ2n) is 10.1. The fourth-order valence-electron chi connectivity index (χ4n) is 4.46. The lowest BCUT2D eigenvalue weighted by molar-refractivity contribution is -0.167. The Bertz CT molecular complexity index is 1020. The molecule has 1 aromatic heterocycles. The number of morpholine rings is 1. The number of hydrogen-bond acceptors (Lipinski definition) is 6. The highest BCUT2D eigenvalue weighted by Gasteiger charge is 2.42. The van der Waals surface area contributed by atoms with Gasteiger partial charge in [-0.3, -0.25) is 14.5 Å². The van der Waals surface area contributed by atoms with Crippen molar-refractivity contribution in [3.63, 3.8) is 0 Å². The van der Waals surface area contributed by atoms with Crippen molar-refractivity contribution in [2.45, 2.75) is 51.3 Å². The summed E-state index contributed by atoms with van der Waals surface area (Å²) < 4.78 is 5.83. The van der Waals surface area contributed by atoms with E-state index in [2.05, 4.69) is 31.1 Å². The first kappa shape index (κ1) is 25.1. The lowest BCUT2D eigenvalue weighted by atomic mass is 9.97. The van der Waals surface area contributed by atoms with Crippen LogP contribution in [0, 0.1) is 0 Å². The Morgan fingerprint density at radius 2 is 1.91 bits per heavy atom. The molecule has 2 amide bonds. The number of benzene rings is 1. The minimum atomic E-state index is -0.733. The molecule has 0 radical (unpaired) electrons. The zero-order chi connectivity index (χ0) is 24.5. The van der Waals surface area contributed by atoms with Gasteiger partial charge in [0.05, 0.1) is 16.7 Å². The van der Waals surface area contributed by atoms with Crippen LogP contribution < -0.4 is 0 Å². The van der Waals surface area contributed by atoms with E-state index in [1.807, 2.05) is 17.0 Å². The quantitative estimate of drug-likeness (QED) is 0.634. The van der Waals surface area contributed by atoms with E-state index in [0.29, 0.717) is 18.1 Å². The predicted octanol–water partition coefficient (Wildman–Crippen LogP) is 3.73. The van der Waals surface area contributed by atoms with Crippen LogP contribution in [-0.4, -0.2) is 77.4 Å². The molecular weight excluding hydrogens is 472 g/mol. The molecule has 7 nitrogen and oxygen atoms in total. The van der Waals surface area contributed by atoms with Crippen LogP contribution in [0.5, 0.6) is 0 Å². The Labute approximate surface area is 210 Å². The standard InChI is InChI=1S/C25H33ClN4O3S/c1-25(2,3)24-27-19(16-34-24)14-29-10-5-11-30(13-12-29)23(32)22-21(28(4)20(31)15-33-22)17-6-8-18(26)9-7-17/h6-9,16,21-22H,5,10-15H2,1-4H3. The molecule has 0 bridgehead atoms. The Hall–Kier alpha value is -2.00. The number of amides is 2. The van der Waals surface area contributed by atoms with E-state index < -0.39 is 12.1 Å². The van der Waals surface area contributed by atoms with E-state index in [0.717, 1.165) is 42.3 Å². The predicted molar refractivity (Wildman–Crippen MR) is 134 cm³/mol. The third-order valence-electron chi connectivity index (χ3n) is 6.42. The maximum absolute atomic E-state index is 13.6. The fraction of sp³-hybridized carbons (Fsp3) is 0.560. The molecular formula is C25H33ClN4O3S. The number of rotatable bonds is 4. The molecule has 0 aliphatic carbocycles. The van der Waals surface area contributed by atoms with Gasteiger partial charge in [0.2, 0.25) is 5.91 Å². The molecule has 2 atom stereocenters. The van der Waals surface area contributed by atoms with Gasteiger partial charge in [0.1, 0.15) is 6.61 Å². The largest absolute Gasteiger partial charge is 0.356 e. The van der Waals surface area contributed by atoms with Gasteiger partial charge >= 0.3 is 0 Å². The molecule has 2 saturated heterocycles. The zero-order valence-corrected chi connectivity index (χ0v) is 21.9. The lowest BCUT2D eigenvalue weighted by Crippen LogP contribution is -2.54. The summed E-state index contributed by atoms with van der Waals surface area (Å²) in [6.45, 7) is 10.2. The Balaban J connectivity index is 1.43. The maximum atomic E-state index is 13.6. The van der Waals surface area contributed by atoms with E-state index in [4.69, 9.17) is 21.3 Å². The minimum Gasteiger partial charge on any atom is -0.356 e. The summed E-state index contributed by atoms with van der Waals surface area (Å²) in [5, 5.41) is 3.91. The Morgan fingerprint density at radius 3 is 2.59 bits per heavy atom. The highest BCUT2D eigenvalue weighted by atomic mass is 35.5. The normalized spacial score (nSPS) is 22.7. The molecule has 1 aromatic carbocycles. The molecule has 0 N–H and O–H groups in total. The van der Waals surface area contributed by atoms with Gasteiger partial charge in [0, 0.05) is 55.6 Å². The van der Waals surface area contributed by atoms with Crippen molar-refractivity contribution in [3.8, 4) is 0 Å².